The fourth-order valence-electron chi connectivity index (χ4n) is 1.23. The van der Waals surface area contributed by atoms with E-state index in [4.69, 9.17) is 16.7 Å². The van der Waals surface area contributed by atoms with Gasteiger partial charge in [-0.2, -0.15) is 0 Å². The smallest absolute Gasteiger partial charge is 0.312 e. The second-order valence-electron chi connectivity index (χ2n) is 4.10. The minimum Gasteiger partial charge on any atom is -0.481 e. The second-order valence-corrected chi connectivity index (χ2v) is 4.53. The zero-order chi connectivity index (χ0) is 12.5. The average Bonchev–Trinajstić information content (AvgIpc) is 2.16. The van der Waals surface area contributed by atoms with Crippen molar-refractivity contribution in [3.63, 3.8) is 0 Å². The number of aliphatic hydroxyl groups is 1. The zero-order valence-electron chi connectivity index (χ0n) is 8.87. The van der Waals surface area contributed by atoms with Crippen molar-refractivity contribution in [1.29, 1.82) is 0 Å². The number of hydrogen-bond donors (Lipinski definition) is 2. The average molecular weight is 247 g/mol. The van der Waals surface area contributed by atoms with Gasteiger partial charge in [-0.05, 0) is 26.0 Å². The van der Waals surface area contributed by atoms with E-state index in [1.165, 1.54) is 26.0 Å². The summed E-state index contributed by atoms with van der Waals surface area (Å²) < 4.78 is 13.5. The third kappa shape index (κ3) is 2.33. The molecule has 0 aliphatic rings. The van der Waals surface area contributed by atoms with Crippen LogP contribution < -0.4 is 0 Å². The predicted octanol–water partition coefficient (Wildman–Crippen LogP) is 2.62. The summed E-state index contributed by atoms with van der Waals surface area (Å²) in [6, 6.07) is 3.73. The number of halogens is 2. The summed E-state index contributed by atoms with van der Waals surface area (Å²) >= 11 is 5.56. The SMILES string of the molecule is CC(C)(C(=O)O)C(O)c1ccc(Cl)cc1F. The Labute approximate surface area is 97.5 Å². The van der Waals surface area contributed by atoms with Crippen LogP contribution in [0, 0.1) is 11.2 Å². The lowest BCUT2D eigenvalue weighted by atomic mass is 9.82. The van der Waals surface area contributed by atoms with E-state index >= 15 is 0 Å². The number of carboxylic acids is 1. The molecular weight excluding hydrogens is 235 g/mol. The van der Waals surface area contributed by atoms with E-state index in [0.29, 0.717) is 0 Å². The Morgan fingerprint density at radius 3 is 2.50 bits per heavy atom. The monoisotopic (exact) mass is 246 g/mol. The fourth-order valence-corrected chi connectivity index (χ4v) is 1.39. The van der Waals surface area contributed by atoms with Gasteiger partial charge in [-0.3, -0.25) is 4.79 Å². The van der Waals surface area contributed by atoms with Gasteiger partial charge in [0.15, 0.2) is 0 Å². The largest absolute Gasteiger partial charge is 0.481 e. The molecule has 0 fully saturated rings. The van der Waals surface area contributed by atoms with Crippen LogP contribution in [-0.4, -0.2) is 16.2 Å². The van der Waals surface area contributed by atoms with Gasteiger partial charge in [0.2, 0.25) is 0 Å². The van der Waals surface area contributed by atoms with Gasteiger partial charge in [-0.25, -0.2) is 4.39 Å². The van der Waals surface area contributed by atoms with Crippen molar-refractivity contribution < 1.29 is 19.4 Å². The summed E-state index contributed by atoms with van der Waals surface area (Å²) in [7, 11) is 0. The highest BCUT2D eigenvalue weighted by Crippen LogP contribution is 2.35. The zero-order valence-corrected chi connectivity index (χ0v) is 9.62. The Morgan fingerprint density at radius 2 is 2.06 bits per heavy atom. The molecule has 0 heterocycles. The quantitative estimate of drug-likeness (QED) is 0.862. The molecule has 0 saturated carbocycles. The number of hydrogen-bond acceptors (Lipinski definition) is 2. The summed E-state index contributed by atoms with van der Waals surface area (Å²) in [5, 5.41) is 18.9. The molecule has 3 nitrogen and oxygen atoms in total. The van der Waals surface area contributed by atoms with E-state index in [1.54, 1.807) is 0 Å². The molecule has 1 atom stereocenters. The van der Waals surface area contributed by atoms with Gasteiger partial charge in [0.25, 0.3) is 0 Å². The summed E-state index contributed by atoms with van der Waals surface area (Å²) in [5.74, 6) is -1.91. The van der Waals surface area contributed by atoms with Gasteiger partial charge < -0.3 is 10.2 Å². The van der Waals surface area contributed by atoms with E-state index in [1.807, 2.05) is 0 Å². The third-order valence-electron chi connectivity index (χ3n) is 2.49. The topological polar surface area (TPSA) is 57.5 Å². The minimum absolute atomic E-state index is 0.0724. The van der Waals surface area contributed by atoms with Crippen LogP contribution >= 0.6 is 11.6 Å². The summed E-state index contributed by atoms with van der Waals surface area (Å²) in [6.45, 7) is 2.65. The molecule has 1 rings (SSSR count). The van der Waals surface area contributed by atoms with Crippen LogP contribution in [0.4, 0.5) is 4.39 Å². The predicted molar refractivity (Wildman–Crippen MR) is 57.8 cm³/mol. The molecule has 2 N–H and O–H groups in total. The molecule has 1 unspecified atom stereocenters. The number of aliphatic hydroxyl groups excluding tert-OH is 1. The molecule has 0 aliphatic carbocycles. The molecular formula is C11H12ClFO3. The molecule has 16 heavy (non-hydrogen) atoms. The highest BCUT2D eigenvalue weighted by atomic mass is 35.5. The molecule has 0 bridgehead atoms. The van der Waals surface area contributed by atoms with Crippen molar-refractivity contribution >= 4 is 17.6 Å². The van der Waals surface area contributed by atoms with Crippen molar-refractivity contribution in [2.75, 3.05) is 0 Å². The second kappa shape index (κ2) is 4.39. The molecule has 1 aromatic carbocycles. The summed E-state index contributed by atoms with van der Waals surface area (Å²) in [4.78, 5) is 10.9. The van der Waals surface area contributed by atoms with Crippen LogP contribution in [0.3, 0.4) is 0 Å². The van der Waals surface area contributed by atoms with Crippen LogP contribution in [0.2, 0.25) is 5.02 Å². The number of carboxylic acid groups (broad SMARTS) is 1. The molecule has 0 saturated heterocycles. The molecule has 1 aromatic rings. The van der Waals surface area contributed by atoms with E-state index in [2.05, 4.69) is 0 Å². The number of rotatable bonds is 3. The van der Waals surface area contributed by atoms with E-state index in [0.717, 1.165) is 6.07 Å². The van der Waals surface area contributed by atoms with E-state index in [-0.39, 0.29) is 10.6 Å². The first-order valence-electron chi connectivity index (χ1n) is 4.63. The van der Waals surface area contributed by atoms with Gasteiger partial charge in [0.05, 0.1) is 11.5 Å². The lowest BCUT2D eigenvalue weighted by molar-refractivity contribution is -0.153. The Balaban J connectivity index is 3.14. The van der Waals surface area contributed by atoms with Crippen molar-refractivity contribution in [2.45, 2.75) is 20.0 Å². The first-order valence-corrected chi connectivity index (χ1v) is 5.01. The number of carbonyl (C=O) groups is 1. The van der Waals surface area contributed by atoms with Crippen LogP contribution in [0.5, 0.6) is 0 Å². The van der Waals surface area contributed by atoms with Crippen LogP contribution in [0.15, 0.2) is 18.2 Å². The standard InChI is InChI=1S/C11H12ClFO3/c1-11(2,10(15)16)9(14)7-4-3-6(12)5-8(7)13/h3-5,9,14H,1-2H3,(H,15,16). The molecule has 0 aliphatic heterocycles. The molecule has 5 heteroatoms. The molecule has 0 amide bonds. The van der Waals surface area contributed by atoms with Crippen LogP contribution in [0.1, 0.15) is 25.5 Å². The first-order chi connectivity index (χ1) is 7.26. The van der Waals surface area contributed by atoms with E-state index in [9.17, 15) is 14.3 Å². The minimum atomic E-state index is -1.46. The highest BCUT2D eigenvalue weighted by molar-refractivity contribution is 6.30. The maximum absolute atomic E-state index is 13.5. The van der Waals surface area contributed by atoms with Crippen molar-refractivity contribution in [3.05, 3.63) is 34.6 Å². The fraction of sp³-hybridized carbons (Fsp3) is 0.364. The molecule has 0 spiro atoms. The van der Waals surface area contributed by atoms with Gasteiger partial charge in [0.1, 0.15) is 5.82 Å². The van der Waals surface area contributed by atoms with Gasteiger partial charge in [0, 0.05) is 10.6 Å². The number of benzene rings is 1. The highest BCUT2D eigenvalue weighted by Gasteiger charge is 2.37. The van der Waals surface area contributed by atoms with Crippen LogP contribution in [0.25, 0.3) is 0 Å². The maximum atomic E-state index is 13.5. The lowest BCUT2D eigenvalue weighted by Gasteiger charge is -2.26. The molecule has 88 valence electrons. The molecule has 0 aromatic heterocycles. The van der Waals surface area contributed by atoms with Crippen LogP contribution in [-0.2, 0) is 4.79 Å². The van der Waals surface area contributed by atoms with Crippen molar-refractivity contribution in [3.8, 4) is 0 Å². The van der Waals surface area contributed by atoms with E-state index < -0.39 is 23.3 Å². The Morgan fingerprint density at radius 1 is 1.50 bits per heavy atom. The first kappa shape index (κ1) is 12.9. The van der Waals surface area contributed by atoms with Gasteiger partial charge in [-0.15, -0.1) is 0 Å². The maximum Gasteiger partial charge on any atom is 0.312 e. The van der Waals surface area contributed by atoms with Gasteiger partial charge in [-0.1, -0.05) is 17.7 Å². The Bertz CT molecular complexity index is 418. The summed E-state index contributed by atoms with van der Waals surface area (Å²) in [6.07, 6.45) is -1.43. The Kier molecular flexibility index (Phi) is 3.55. The normalized spacial score (nSPS) is 13.6. The molecule has 0 radical (unpaired) electrons. The van der Waals surface area contributed by atoms with Crippen molar-refractivity contribution in [1.82, 2.24) is 0 Å². The third-order valence-corrected chi connectivity index (χ3v) is 2.73. The van der Waals surface area contributed by atoms with Gasteiger partial charge >= 0.3 is 5.97 Å². The number of aliphatic carboxylic acids is 1. The van der Waals surface area contributed by atoms with Crippen molar-refractivity contribution in [2.24, 2.45) is 5.41 Å². The lowest BCUT2D eigenvalue weighted by Crippen LogP contribution is -2.31. The Hall–Kier alpha value is -1.13. The summed E-state index contributed by atoms with van der Waals surface area (Å²) in [5.41, 5.74) is -1.54.